The van der Waals surface area contributed by atoms with Gasteiger partial charge in [0.25, 0.3) is 5.91 Å². The van der Waals surface area contributed by atoms with Crippen molar-refractivity contribution in [2.24, 2.45) is 7.05 Å². The van der Waals surface area contributed by atoms with Crippen molar-refractivity contribution in [1.82, 2.24) is 30.1 Å². The highest BCUT2D eigenvalue weighted by atomic mass is 16.2. The summed E-state index contributed by atoms with van der Waals surface area (Å²) in [6.45, 7) is 3.97. The van der Waals surface area contributed by atoms with E-state index in [-0.39, 0.29) is 5.91 Å². The minimum absolute atomic E-state index is 0.283. The molecule has 3 heterocycles. The number of carbonyl (C=O) groups excluding carboxylic acids is 1. The van der Waals surface area contributed by atoms with Gasteiger partial charge in [-0.15, -0.1) is 5.10 Å². The Morgan fingerprint density at radius 3 is 2.81 bits per heavy atom. The van der Waals surface area contributed by atoms with Crippen LogP contribution in [0.1, 0.15) is 34.9 Å². The van der Waals surface area contributed by atoms with E-state index < -0.39 is 0 Å². The third-order valence-corrected chi connectivity index (χ3v) is 4.97. The standard InChI is InChI=1S/C19H23N7O/c1-13-5-3-4-6-15(13)16-11-18(25(2)23-16)21-19(27)17-12-26(24-22-17)14-7-9-20-10-8-14/h3-6,11-12,14,20H,7-10H2,1-2H3,(H,21,27). The van der Waals surface area contributed by atoms with Crippen LogP contribution < -0.4 is 10.6 Å². The number of hydrogen-bond acceptors (Lipinski definition) is 5. The number of nitrogens with zero attached hydrogens (tertiary/aromatic N) is 5. The second-order valence-electron chi connectivity index (χ2n) is 6.87. The molecule has 0 aliphatic carbocycles. The van der Waals surface area contributed by atoms with Crippen molar-refractivity contribution in [3.63, 3.8) is 0 Å². The fourth-order valence-electron chi connectivity index (χ4n) is 3.39. The average Bonchev–Trinajstić information content (AvgIpc) is 3.31. The van der Waals surface area contributed by atoms with Gasteiger partial charge in [-0.1, -0.05) is 29.5 Å². The fourth-order valence-corrected chi connectivity index (χ4v) is 3.39. The molecule has 1 aliphatic heterocycles. The second kappa shape index (κ2) is 7.32. The normalized spacial score (nSPS) is 15.0. The predicted molar refractivity (Wildman–Crippen MR) is 102 cm³/mol. The molecule has 0 saturated carbocycles. The first-order valence-corrected chi connectivity index (χ1v) is 9.16. The monoisotopic (exact) mass is 365 g/mol. The van der Waals surface area contributed by atoms with Gasteiger partial charge < -0.3 is 10.6 Å². The molecular weight excluding hydrogens is 342 g/mol. The van der Waals surface area contributed by atoms with Crippen LogP contribution in [0.3, 0.4) is 0 Å². The molecule has 0 bridgehead atoms. The Labute approximate surface area is 157 Å². The highest BCUT2D eigenvalue weighted by Gasteiger charge is 2.20. The van der Waals surface area contributed by atoms with Crippen LogP contribution in [-0.2, 0) is 7.05 Å². The number of hydrogen-bond donors (Lipinski definition) is 2. The molecule has 0 atom stereocenters. The first-order valence-electron chi connectivity index (χ1n) is 9.16. The van der Waals surface area contributed by atoms with Crippen molar-refractivity contribution < 1.29 is 4.79 Å². The quantitative estimate of drug-likeness (QED) is 0.740. The van der Waals surface area contributed by atoms with E-state index in [0.717, 1.165) is 42.8 Å². The number of amides is 1. The van der Waals surface area contributed by atoms with Crippen LogP contribution in [0, 0.1) is 6.92 Å². The van der Waals surface area contributed by atoms with Gasteiger partial charge in [-0.2, -0.15) is 5.10 Å². The summed E-state index contributed by atoms with van der Waals surface area (Å²) in [6, 6.07) is 10.2. The highest BCUT2D eigenvalue weighted by Crippen LogP contribution is 2.24. The maximum atomic E-state index is 12.6. The Kier molecular flexibility index (Phi) is 4.72. The summed E-state index contributed by atoms with van der Waals surface area (Å²) in [5, 5.41) is 18.9. The van der Waals surface area contributed by atoms with E-state index in [1.165, 1.54) is 0 Å². The van der Waals surface area contributed by atoms with Gasteiger partial charge in [-0.25, -0.2) is 4.68 Å². The third kappa shape index (κ3) is 3.61. The van der Waals surface area contributed by atoms with Crippen LogP contribution in [0.5, 0.6) is 0 Å². The van der Waals surface area contributed by atoms with Crippen LogP contribution >= 0.6 is 0 Å². The molecule has 1 fully saturated rings. The molecule has 1 saturated heterocycles. The lowest BCUT2D eigenvalue weighted by atomic mass is 10.1. The molecule has 0 spiro atoms. The van der Waals surface area contributed by atoms with Crippen molar-refractivity contribution in [2.75, 3.05) is 18.4 Å². The van der Waals surface area contributed by atoms with Gasteiger partial charge in [0.15, 0.2) is 5.69 Å². The molecular formula is C19H23N7O. The summed E-state index contributed by atoms with van der Waals surface area (Å²) >= 11 is 0. The van der Waals surface area contributed by atoms with E-state index in [4.69, 9.17) is 0 Å². The minimum atomic E-state index is -0.283. The zero-order valence-electron chi connectivity index (χ0n) is 15.5. The number of benzene rings is 1. The van der Waals surface area contributed by atoms with E-state index in [0.29, 0.717) is 17.6 Å². The Morgan fingerprint density at radius 2 is 2.04 bits per heavy atom. The van der Waals surface area contributed by atoms with Gasteiger partial charge >= 0.3 is 0 Å². The molecule has 3 aromatic rings. The number of anilines is 1. The second-order valence-corrected chi connectivity index (χ2v) is 6.87. The average molecular weight is 365 g/mol. The van der Waals surface area contributed by atoms with Gasteiger partial charge in [0.1, 0.15) is 5.82 Å². The molecule has 8 heteroatoms. The largest absolute Gasteiger partial charge is 0.317 e. The van der Waals surface area contributed by atoms with Crippen LogP contribution in [0.4, 0.5) is 5.82 Å². The maximum Gasteiger partial charge on any atom is 0.278 e. The summed E-state index contributed by atoms with van der Waals surface area (Å²) in [7, 11) is 1.81. The van der Waals surface area contributed by atoms with E-state index in [2.05, 4.69) is 26.0 Å². The van der Waals surface area contributed by atoms with Crippen molar-refractivity contribution in [2.45, 2.75) is 25.8 Å². The third-order valence-electron chi connectivity index (χ3n) is 4.97. The fraction of sp³-hybridized carbons (Fsp3) is 0.368. The molecule has 8 nitrogen and oxygen atoms in total. The van der Waals surface area contributed by atoms with Crippen molar-refractivity contribution >= 4 is 11.7 Å². The number of rotatable bonds is 4. The Morgan fingerprint density at radius 1 is 1.26 bits per heavy atom. The van der Waals surface area contributed by atoms with Gasteiger partial charge in [0.05, 0.1) is 17.9 Å². The lowest BCUT2D eigenvalue weighted by Crippen LogP contribution is -2.29. The summed E-state index contributed by atoms with van der Waals surface area (Å²) in [5.74, 6) is 0.337. The van der Waals surface area contributed by atoms with Crippen LogP contribution in [-0.4, -0.2) is 43.8 Å². The Balaban J connectivity index is 1.50. The smallest absolute Gasteiger partial charge is 0.278 e. The summed E-state index contributed by atoms with van der Waals surface area (Å²) in [4.78, 5) is 12.6. The molecule has 1 aromatic carbocycles. The van der Waals surface area contributed by atoms with Crippen LogP contribution in [0.2, 0.25) is 0 Å². The number of nitrogens with one attached hydrogen (secondary N) is 2. The molecule has 0 unspecified atom stereocenters. The lowest BCUT2D eigenvalue weighted by molar-refractivity contribution is 0.102. The highest BCUT2D eigenvalue weighted by molar-refractivity contribution is 6.02. The summed E-state index contributed by atoms with van der Waals surface area (Å²) < 4.78 is 3.47. The molecule has 2 N–H and O–H groups in total. The van der Waals surface area contributed by atoms with Gasteiger partial charge in [0, 0.05) is 18.7 Å². The van der Waals surface area contributed by atoms with E-state index >= 15 is 0 Å². The SMILES string of the molecule is Cc1ccccc1-c1cc(NC(=O)c2cn(C3CCNCC3)nn2)n(C)n1. The topological polar surface area (TPSA) is 89.7 Å². The van der Waals surface area contributed by atoms with Gasteiger partial charge in [-0.05, 0) is 38.4 Å². The molecule has 140 valence electrons. The van der Waals surface area contributed by atoms with Gasteiger partial charge in [0.2, 0.25) is 0 Å². The van der Waals surface area contributed by atoms with Crippen molar-refractivity contribution in [3.05, 3.63) is 47.8 Å². The number of piperidine rings is 1. The predicted octanol–water partition coefficient (Wildman–Crippen LogP) is 2.16. The Bertz CT molecular complexity index is 953. The number of aromatic nitrogens is 5. The van der Waals surface area contributed by atoms with Crippen molar-refractivity contribution in [3.8, 4) is 11.3 Å². The molecule has 0 radical (unpaired) electrons. The zero-order valence-corrected chi connectivity index (χ0v) is 15.5. The Hall–Kier alpha value is -3.00. The maximum absolute atomic E-state index is 12.6. The number of aryl methyl sites for hydroxylation is 2. The van der Waals surface area contributed by atoms with E-state index in [9.17, 15) is 4.79 Å². The van der Waals surface area contributed by atoms with Crippen LogP contribution in [0.25, 0.3) is 11.3 Å². The van der Waals surface area contributed by atoms with E-state index in [1.54, 1.807) is 15.6 Å². The minimum Gasteiger partial charge on any atom is -0.317 e. The molecule has 27 heavy (non-hydrogen) atoms. The number of carbonyl (C=O) groups is 1. The summed E-state index contributed by atoms with van der Waals surface area (Å²) in [6.07, 6.45) is 3.71. The molecule has 2 aromatic heterocycles. The van der Waals surface area contributed by atoms with Gasteiger partial charge in [-0.3, -0.25) is 9.48 Å². The first-order chi connectivity index (χ1) is 13.1. The first kappa shape index (κ1) is 17.4. The van der Waals surface area contributed by atoms with Crippen molar-refractivity contribution in [1.29, 1.82) is 0 Å². The van der Waals surface area contributed by atoms with E-state index in [1.807, 2.05) is 44.3 Å². The molecule has 1 aliphatic rings. The molecule has 1 amide bonds. The van der Waals surface area contributed by atoms with Crippen LogP contribution in [0.15, 0.2) is 36.5 Å². The summed E-state index contributed by atoms with van der Waals surface area (Å²) in [5.41, 5.74) is 3.32. The lowest BCUT2D eigenvalue weighted by Gasteiger charge is -2.22. The molecule has 4 rings (SSSR count). The zero-order chi connectivity index (χ0) is 18.8.